The van der Waals surface area contributed by atoms with Gasteiger partial charge in [-0.25, -0.2) is 4.39 Å². The standard InChI is InChI=1S/C24H34FN5O3S/c1-23(2,3)19(29-34-4)20(31)27-17(9-13-5-6-13)21(32)30-12-24(11-18(30)26)15-10-14(25)7-8-16(15)28-22(24)33/h7-8,10,13,17-19,29H,5-6,9,11-12,26H2,1-4H3,(H,27,31)(H,28,33)/t17-,18-,19+,24-/m0/s1. The van der Waals surface area contributed by atoms with Crippen molar-refractivity contribution < 1.29 is 18.8 Å². The SMILES string of the molecule is CSN[C@H](C(=O)N[C@@H](CC1CC1)C(=O)N1C[C@]2(C[C@H]1N)C(=O)Nc1ccc(F)cc12)C(C)(C)C. The van der Waals surface area contributed by atoms with Crippen LogP contribution in [0.3, 0.4) is 0 Å². The van der Waals surface area contributed by atoms with E-state index >= 15 is 0 Å². The number of nitrogens with two attached hydrogens (primary N) is 1. The number of benzene rings is 1. The molecule has 3 amide bonds. The summed E-state index contributed by atoms with van der Waals surface area (Å²) >= 11 is 1.36. The molecule has 0 radical (unpaired) electrons. The summed E-state index contributed by atoms with van der Waals surface area (Å²) in [7, 11) is 0. The zero-order chi connectivity index (χ0) is 24.8. The van der Waals surface area contributed by atoms with Crippen LogP contribution < -0.4 is 21.1 Å². The van der Waals surface area contributed by atoms with Gasteiger partial charge in [0.1, 0.15) is 17.9 Å². The number of likely N-dealkylation sites (tertiary alicyclic amines) is 1. The highest BCUT2D eigenvalue weighted by Gasteiger charge is 2.56. The molecule has 34 heavy (non-hydrogen) atoms. The summed E-state index contributed by atoms with van der Waals surface area (Å²) in [5, 5.41) is 5.78. The Kier molecular flexibility index (Phi) is 6.69. The lowest BCUT2D eigenvalue weighted by Crippen LogP contribution is -2.57. The van der Waals surface area contributed by atoms with Crippen molar-refractivity contribution in [2.45, 2.75) is 70.1 Å². The first-order chi connectivity index (χ1) is 16.0. The second-order valence-corrected chi connectivity index (χ2v) is 11.5. The van der Waals surface area contributed by atoms with Gasteiger partial charge in [0.2, 0.25) is 17.7 Å². The minimum atomic E-state index is -1.09. The normalized spacial score (nSPS) is 25.8. The number of carbonyl (C=O) groups excluding carboxylic acids is 3. The Morgan fingerprint density at radius 2 is 2.06 bits per heavy atom. The van der Waals surface area contributed by atoms with Crippen LogP contribution in [0.15, 0.2) is 18.2 Å². The van der Waals surface area contributed by atoms with Gasteiger partial charge in [-0.05, 0) is 47.8 Å². The van der Waals surface area contributed by atoms with Gasteiger partial charge in [0.15, 0.2) is 0 Å². The van der Waals surface area contributed by atoms with E-state index in [1.807, 2.05) is 27.0 Å². The van der Waals surface area contributed by atoms with E-state index in [-0.39, 0.29) is 36.1 Å². The van der Waals surface area contributed by atoms with Gasteiger partial charge in [-0.15, -0.1) is 0 Å². The number of fused-ring (bicyclic) bond motifs is 2. The van der Waals surface area contributed by atoms with Gasteiger partial charge in [-0.3, -0.25) is 19.1 Å². The van der Waals surface area contributed by atoms with E-state index in [4.69, 9.17) is 5.73 Å². The number of hydrogen-bond donors (Lipinski definition) is 4. The van der Waals surface area contributed by atoms with E-state index in [2.05, 4.69) is 15.4 Å². The lowest BCUT2D eigenvalue weighted by atomic mass is 9.80. The largest absolute Gasteiger partial charge is 0.343 e. The van der Waals surface area contributed by atoms with Gasteiger partial charge >= 0.3 is 0 Å². The van der Waals surface area contributed by atoms with Crippen LogP contribution in [0.25, 0.3) is 0 Å². The lowest BCUT2D eigenvalue weighted by Gasteiger charge is -2.33. The van der Waals surface area contributed by atoms with Crippen LogP contribution in [-0.4, -0.2) is 53.7 Å². The number of nitrogens with one attached hydrogen (secondary N) is 3. The number of amides is 3. The maximum absolute atomic E-state index is 14.0. The van der Waals surface area contributed by atoms with Crippen molar-refractivity contribution in [2.75, 3.05) is 18.1 Å². The Bertz CT molecular complexity index is 995. The number of rotatable bonds is 7. The lowest BCUT2D eigenvalue weighted by molar-refractivity contribution is -0.138. The van der Waals surface area contributed by atoms with E-state index in [1.165, 1.54) is 35.0 Å². The van der Waals surface area contributed by atoms with E-state index in [1.54, 1.807) is 0 Å². The predicted molar refractivity (Wildman–Crippen MR) is 130 cm³/mol. The molecule has 4 atom stereocenters. The Balaban J connectivity index is 1.56. The van der Waals surface area contributed by atoms with Gasteiger partial charge in [-0.1, -0.05) is 45.6 Å². The summed E-state index contributed by atoms with van der Waals surface area (Å²) in [4.78, 5) is 41.4. The summed E-state index contributed by atoms with van der Waals surface area (Å²) in [6, 6.07) is 2.96. The molecule has 3 aliphatic rings. The van der Waals surface area contributed by atoms with Crippen LogP contribution in [-0.2, 0) is 19.8 Å². The molecule has 0 aromatic heterocycles. The van der Waals surface area contributed by atoms with Gasteiger partial charge in [0.05, 0.1) is 11.6 Å². The van der Waals surface area contributed by atoms with Crippen LogP contribution in [0.5, 0.6) is 0 Å². The maximum Gasteiger partial charge on any atom is 0.246 e. The van der Waals surface area contributed by atoms with Crippen molar-refractivity contribution in [3.63, 3.8) is 0 Å². The van der Waals surface area contributed by atoms with E-state index < -0.39 is 29.5 Å². The molecule has 1 aromatic rings. The number of halogens is 1. The molecule has 2 aliphatic heterocycles. The fraction of sp³-hybridized carbons (Fsp3) is 0.625. The fourth-order valence-corrected chi connectivity index (χ4v) is 5.73. The Labute approximate surface area is 204 Å². The van der Waals surface area contributed by atoms with E-state index in [0.29, 0.717) is 23.6 Å². The van der Waals surface area contributed by atoms with Crippen LogP contribution in [0, 0.1) is 17.2 Å². The van der Waals surface area contributed by atoms with Gasteiger partial charge in [0, 0.05) is 18.7 Å². The van der Waals surface area contributed by atoms with Crippen LogP contribution in [0.2, 0.25) is 0 Å². The molecular weight excluding hydrogens is 457 g/mol. The summed E-state index contributed by atoms with van der Waals surface area (Å²) in [5.74, 6) is -0.873. The molecule has 8 nitrogen and oxygen atoms in total. The Morgan fingerprint density at radius 1 is 1.35 bits per heavy atom. The summed E-state index contributed by atoms with van der Waals surface area (Å²) in [6.07, 6.45) is 3.92. The Hall–Kier alpha value is -2.17. The highest BCUT2D eigenvalue weighted by molar-refractivity contribution is 7.96. The highest BCUT2D eigenvalue weighted by atomic mass is 32.2. The molecule has 2 fully saturated rings. The molecule has 1 saturated heterocycles. The molecular formula is C24H34FN5O3S. The molecule has 1 aromatic carbocycles. The van der Waals surface area contributed by atoms with E-state index in [0.717, 1.165) is 12.8 Å². The molecule has 1 saturated carbocycles. The first-order valence-electron chi connectivity index (χ1n) is 11.7. The summed E-state index contributed by atoms with van der Waals surface area (Å²) < 4.78 is 17.2. The van der Waals surface area contributed by atoms with Crippen molar-refractivity contribution in [3.8, 4) is 0 Å². The van der Waals surface area contributed by atoms with E-state index in [9.17, 15) is 18.8 Å². The van der Waals surface area contributed by atoms with Crippen molar-refractivity contribution >= 4 is 35.4 Å². The molecule has 0 unspecified atom stereocenters. The Morgan fingerprint density at radius 3 is 2.68 bits per heavy atom. The maximum atomic E-state index is 14.0. The van der Waals surface area contributed by atoms with Crippen LogP contribution in [0.4, 0.5) is 10.1 Å². The third-order valence-electron chi connectivity index (χ3n) is 7.11. The third kappa shape index (κ3) is 4.67. The summed E-state index contributed by atoms with van der Waals surface area (Å²) in [6.45, 7) is 5.95. The van der Waals surface area contributed by atoms with Crippen molar-refractivity contribution in [2.24, 2.45) is 17.1 Å². The second kappa shape index (κ2) is 9.13. The zero-order valence-electron chi connectivity index (χ0n) is 20.1. The van der Waals surface area contributed by atoms with Crippen molar-refractivity contribution in [3.05, 3.63) is 29.6 Å². The predicted octanol–water partition coefficient (Wildman–Crippen LogP) is 2.10. The highest BCUT2D eigenvalue weighted by Crippen LogP contribution is 2.46. The van der Waals surface area contributed by atoms with Gasteiger partial charge in [-0.2, -0.15) is 0 Å². The minimum Gasteiger partial charge on any atom is -0.343 e. The van der Waals surface area contributed by atoms with Crippen LogP contribution >= 0.6 is 11.9 Å². The average Bonchev–Trinajstić information content (AvgIpc) is 3.45. The number of nitrogens with zero attached hydrogens (tertiary/aromatic N) is 1. The van der Waals surface area contributed by atoms with Crippen molar-refractivity contribution in [1.82, 2.24) is 14.9 Å². The first kappa shape index (κ1) is 24.9. The average molecular weight is 492 g/mol. The van der Waals surface area contributed by atoms with Crippen LogP contribution in [0.1, 0.15) is 52.0 Å². The smallest absolute Gasteiger partial charge is 0.246 e. The molecule has 1 spiro atoms. The topological polar surface area (TPSA) is 117 Å². The van der Waals surface area contributed by atoms with Crippen molar-refractivity contribution in [1.29, 1.82) is 0 Å². The third-order valence-corrected chi connectivity index (χ3v) is 7.58. The monoisotopic (exact) mass is 491 g/mol. The molecule has 186 valence electrons. The molecule has 10 heteroatoms. The number of carbonyl (C=O) groups is 3. The second-order valence-electron chi connectivity index (χ2n) is 10.8. The quantitative estimate of drug-likeness (QED) is 0.434. The first-order valence-corrected chi connectivity index (χ1v) is 12.9. The molecule has 0 bridgehead atoms. The number of hydrogen-bond acceptors (Lipinski definition) is 6. The van der Waals surface area contributed by atoms with Gasteiger partial charge < -0.3 is 21.3 Å². The van der Waals surface area contributed by atoms with Gasteiger partial charge in [0.25, 0.3) is 0 Å². The molecule has 5 N–H and O–H groups in total. The zero-order valence-corrected chi connectivity index (χ0v) is 20.9. The minimum absolute atomic E-state index is 0.0537. The molecule has 4 rings (SSSR count). The summed E-state index contributed by atoms with van der Waals surface area (Å²) in [5.41, 5.74) is 6.02. The molecule has 2 heterocycles. The molecule has 1 aliphatic carbocycles. The number of anilines is 1. The fourth-order valence-electron chi connectivity index (χ4n) is 5.03.